The van der Waals surface area contributed by atoms with Gasteiger partial charge < -0.3 is 55.0 Å². The molecular formula is C72H127ClF6N12O2. The van der Waals surface area contributed by atoms with Crippen molar-refractivity contribution in [2.24, 2.45) is 17.8 Å². The highest BCUT2D eigenvalue weighted by Crippen LogP contribution is 2.38. The van der Waals surface area contributed by atoms with Crippen molar-refractivity contribution >= 4 is 17.5 Å². The lowest BCUT2D eigenvalue weighted by Crippen LogP contribution is -2.60. The summed E-state index contributed by atoms with van der Waals surface area (Å²) in [6.07, 6.45) is 15.1. The van der Waals surface area contributed by atoms with Crippen molar-refractivity contribution in [3.05, 3.63) is 34.3 Å². The number of nitrogens with zero attached hydrogens (tertiary/aromatic N) is 9. The molecule has 0 aromatic heterocycles. The van der Waals surface area contributed by atoms with Crippen LogP contribution in [0.2, 0.25) is 5.02 Å². The van der Waals surface area contributed by atoms with Crippen molar-refractivity contribution in [2.45, 2.75) is 240 Å². The fourth-order valence-corrected chi connectivity index (χ4v) is 17.8. The third-order valence-corrected chi connectivity index (χ3v) is 24.2. The largest absolute Gasteiger partial charge is 0.417 e. The number of hydrogen-bond donors (Lipinski definition) is 3. The standard InChI is InChI=1S/C72H127ClF6N12O2/c1-10-54(2)66-49-85(5)39-38-83(3)40-41-87(7)62(42-55-20-13-11-14-21-55)48-84(4)37-34-80-58(27-25-56-26-30-64(65(73)43-56)72(77,78)79)47-90-35-19-24-59(90)46-82-70(32-17-18-33-70)53-89(9)68(57-22-15-12-16-23-57)50-88(8)67(69(92)91-60-28-29-61(91)52-93-51-60)31-36-86(6)63(45-81-66)44-71(74,75)76/h26,30,43,54-55,57-63,66-68,80-82H,10-25,27-29,31-42,44-53H2,1-9H3/t54-,58-,59-,60?,61?,62-,63-,66+,67-,68+/m0/s1. The molecule has 4 saturated heterocycles. The normalized spacial score (nSPS) is 31.8. The zero-order valence-electron chi connectivity index (χ0n) is 59.1. The predicted molar refractivity (Wildman–Crippen MR) is 367 cm³/mol. The molecule has 2 unspecified atom stereocenters. The van der Waals surface area contributed by atoms with Gasteiger partial charge in [-0.25, -0.2) is 0 Å². The average Bonchev–Trinajstić information content (AvgIpc) is 1.79. The summed E-state index contributed by atoms with van der Waals surface area (Å²) in [5, 5.41) is 11.8. The maximum atomic E-state index is 15.4. The lowest BCUT2D eigenvalue weighted by Gasteiger charge is -2.45. The molecule has 4 heterocycles. The molecule has 8 rings (SSSR count). The zero-order chi connectivity index (χ0) is 66.9. The van der Waals surface area contributed by atoms with E-state index in [1.807, 2.05) is 11.9 Å². The molecule has 1 aromatic rings. The number of hydrogen-bond acceptors (Lipinski definition) is 13. The number of halogens is 7. The van der Waals surface area contributed by atoms with Gasteiger partial charge in [0, 0.05) is 133 Å². The first-order valence-corrected chi connectivity index (χ1v) is 37.4. The highest BCUT2D eigenvalue weighted by molar-refractivity contribution is 6.31. The molecule has 2 bridgehead atoms. The SMILES string of the molecule is CC[C@H](C)[C@H]1CN(C)CCN(C)CCN(C)[C@@H](CC2CCCCC2)CN(C)CCN[C@@H](CCc2ccc(C(F)(F)F)c(Cl)c2)CN2CCC[C@H]2CNC2(CCCC2)CN(C)[C@@H](C2CCCCC2)CN(C)[C@H](C(=O)N2C3CCC2COC3)CCN(C)[C@@H](CC(F)(F)F)CN1. The summed E-state index contributed by atoms with van der Waals surface area (Å²) >= 11 is 6.32. The molecule has 3 aliphatic carbocycles. The number of nitrogens with one attached hydrogen (secondary N) is 3. The highest BCUT2D eigenvalue weighted by atomic mass is 35.5. The number of alkyl halides is 6. The second kappa shape index (κ2) is 37.0. The summed E-state index contributed by atoms with van der Waals surface area (Å²) in [7, 11) is 15.2. The van der Waals surface area contributed by atoms with E-state index in [4.69, 9.17) is 16.3 Å². The smallest absolute Gasteiger partial charge is 0.377 e. The van der Waals surface area contributed by atoms with Crippen LogP contribution in [-0.4, -0.2) is 277 Å². The van der Waals surface area contributed by atoms with Crippen molar-refractivity contribution in [1.82, 2.24) is 60.0 Å². The van der Waals surface area contributed by atoms with E-state index in [1.165, 1.54) is 76.7 Å². The van der Waals surface area contributed by atoms with E-state index in [-0.39, 0.29) is 59.1 Å². The van der Waals surface area contributed by atoms with Crippen LogP contribution in [0.4, 0.5) is 26.3 Å². The fraction of sp³-hybridized carbons (Fsp3) is 0.903. The topological polar surface area (TPSA) is 91.6 Å². The molecule has 1 amide bonds. The maximum absolute atomic E-state index is 15.4. The van der Waals surface area contributed by atoms with Gasteiger partial charge in [0.2, 0.25) is 5.91 Å². The number of likely N-dealkylation sites (N-methyl/N-ethyl adjacent to an activating group) is 7. The maximum Gasteiger partial charge on any atom is 0.417 e. The van der Waals surface area contributed by atoms with Crippen LogP contribution in [0.5, 0.6) is 0 Å². The minimum atomic E-state index is -4.51. The Kier molecular flexibility index (Phi) is 30.5. The zero-order valence-corrected chi connectivity index (χ0v) is 59.9. The molecule has 3 N–H and O–H groups in total. The molecule has 7 fully saturated rings. The van der Waals surface area contributed by atoms with Gasteiger partial charge in [0.25, 0.3) is 0 Å². The lowest BCUT2D eigenvalue weighted by molar-refractivity contribution is -0.150. The van der Waals surface area contributed by atoms with Crippen LogP contribution in [0.1, 0.15) is 173 Å². The molecule has 1 aromatic carbocycles. The Bertz CT molecular complexity index is 2310. The van der Waals surface area contributed by atoms with Crippen molar-refractivity contribution in [2.75, 3.05) is 161 Å². The Labute approximate surface area is 564 Å². The molecule has 3 saturated carbocycles. The third-order valence-electron chi connectivity index (χ3n) is 23.8. The number of rotatable bonds is 10. The average molecular weight is 1340 g/mol. The van der Waals surface area contributed by atoms with Crippen molar-refractivity contribution in [3.63, 3.8) is 0 Å². The van der Waals surface area contributed by atoms with Crippen LogP contribution in [0, 0.1) is 17.8 Å². The molecule has 536 valence electrons. The van der Waals surface area contributed by atoms with E-state index >= 15 is 4.79 Å². The van der Waals surface area contributed by atoms with E-state index in [1.54, 1.807) is 6.07 Å². The molecule has 10 atom stereocenters. The summed E-state index contributed by atoms with van der Waals surface area (Å²) < 4.78 is 92.0. The number of aryl methyl sites for hydroxylation is 1. The van der Waals surface area contributed by atoms with Crippen molar-refractivity contribution in [1.29, 1.82) is 0 Å². The number of carbonyl (C=O) groups excluding carboxylic acids is 1. The number of morpholine rings is 1. The number of carbonyl (C=O) groups is 1. The number of fused-ring (bicyclic) bond motifs is 3. The van der Waals surface area contributed by atoms with Crippen LogP contribution in [-0.2, 0) is 22.1 Å². The minimum Gasteiger partial charge on any atom is -0.377 e. The van der Waals surface area contributed by atoms with E-state index in [9.17, 15) is 26.3 Å². The molecule has 14 nitrogen and oxygen atoms in total. The second-order valence-corrected chi connectivity index (χ2v) is 31.4. The molecule has 7 aliphatic rings. The quantitative estimate of drug-likeness (QED) is 0.195. The van der Waals surface area contributed by atoms with E-state index < -0.39 is 36.4 Å². The van der Waals surface area contributed by atoms with E-state index in [0.717, 1.165) is 160 Å². The van der Waals surface area contributed by atoms with Gasteiger partial charge in [-0.1, -0.05) is 102 Å². The number of ether oxygens (including phenoxy) is 1. The predicted octanol–water partition coefficient (Wildman–Crippen LogP) is 10.9. The van der Waals surface area contributed by atoms with Gasteiger partial charge >= 0.3 is 12.4 Å². The van der Waals surface area contributed by atoms with Gasteiger partial charge in [-0.15, -0.1) is 0 Å². The van der Waals surface area contributed by atoms with Gasteiger partial charge in [0.15, 0.2) is 0 Å². The molecule has 1 spiro atoms. The van der Waals surface area contributed by atoms with Gasteiger partial charge in [0.1, 0.15) is 0 Å². The Hall–Kier alpha value is -1.92. The van der Waals surface area contributed by atoms with Crippen molar-refractivity contribution < 1.29 is 35.9 Å². The summed E-state index contributed by atoms with van der Waals surface area (Å²) in [5.74, 6) is 1.52. The number of amides is 1. The van der Waals surface area contributed by atoms with Crippen LogP contribution >= 0.6 is 11.6 Å². The highest BCUT2D eigenvalue weighted by Gasteiger charge is 2.46. The first kappa shape index (κ1) is 76.8. The van der Waals surface area contributed by atoms with Gasteiger partial charge in [-0.2, -0.15) is 26.3 Å². The monoisotopic (exact) mass is 1340 g/mol. The molecule has 93 heavy (non-hydrogen) atoms. The van der Waals surface area contributed by atoms with Gasteiger partial charge in [-0.3, -0.25) is 14.6 Å². The van der Waals surface area contributed by atoms with Crippen LogP contribution in [0.25, 0.3) is 0 Å². The first-order valence-electron chi connectivity index (χ1n) is 37.0. The fourth-order valence-electron chi connectivity index (χ4n) is 17.5. The van der Waals surface area contributed by atoms with E-state index in [2.05, 4.69) is 111 Å². The molecule has 21 heteroatoms. The summed E-state index contributed by atoms with van der Waals surface area (Å²) in [5.41, 5.74) is -0.0550. The Morgan fingerprint density at radius 2 is 1.31 bits per heavy atom. The Morgan fingerprint density at radius 3 is 1.98 bits per heavy atom. The summed E-state index contributed by atoms with van der Waals surface area (Å²) in [6, 6.07) is 4.02. The molecule has 0 radical (unpaired) electrons. The first-order chi connectivity index (χ1) is 44.4. The Balaban J connectivity index is 1.06. The Morgan fingerprint density at radius 1 is 0.656 bits per heavy atom. The summed E-state index contributed by atoms with van der Waals surface area (Å²) in [6.45, 7) is 17.2. The molecular weight excluding hydrogens is 1210 g/mol. The van der Waals surface area contributed by atoms with Crippen LogP contribution < -0.4 is 16.0 Å². The van der Waals surface area contributed by atoms with E-state index in [0.29, 0.717) is 57.1 Å². The van der Waals surface area contributed by atoms with Crippen LogP contribution in [0.15, 0.2) is 18.2 Å². The molecule has 4 aliphatic heterocycles. The van der Waals surface area contributed by atoms with Crippen LogP contribution in [0.3, 0.4) is 0 Å². The minimum absolute atomic E-state index is 0.00344. The van der Waals surface area contributed by atoms with Gasteiger partial charge in [-0.05, 0) is 168 Å². The third kappa shape index (κ3) is 23.6. The second-order valence-electron chi connectivity index (χ2n) is 31.0. The summed E-state index contributed by atoms with van der Waals surface area (Å²) in [4.78, 5) is 36.9. The number of benzene rings is 1. The van der Waals surface area contributed by atoms with Gasteiger partial charge in [0.05, 0.1) is 48.3 Å². The van der Waals surface area contributed by atoms with Crippen molar-refractivity contribution in [3.8, 4) is 0 Å². The lowest BCUT2D eigenvalue weighted by atomic mass is 9.82.